The number of carbonyl (C=O) groups excluding carboxylic acids is 1. The Morgan fingerprint density at radius 2 is 2.24 bits per heavy atom. The third-order valence-electron chi connectivity index (χ3n) is 4.12. The van der Waals surface area contributed by atoms with Crippen LogP contribution < -0.4 is 10.6 Å². The van der Waals surface area contributed by atoms with Crippen molar-refractivity contribution in [1.82, 2.24) is 0 Å². The Kier molecular flexibility index (Phi) is 4.73. The number of nitriles is 1. The second kappa shape index (κ2) is 6.35. The maximum absolute atomic E-state index is 11.9. The fourth-order valence-electron chi connectivity index (χ4n) is 2.56. The lowest BCUT2D eigenvalue weighted by Crippen LogP contribution is -2.38. The number of hydrogen-bond donors (Lipinski definition) is 1. The first-order valence-corrected chi connectivity index (χ1v) is 8.05. The smallest absolute Gasteiger partial charge is 0.350 e. The zero-order chi connectivity index (χ0) is 15.6. The van der Waals surface area contributed by atoms with E-state index in [-0.39, 0.29) is 5.69 Å². The summed E-state index contributed by atoms with van der Waals surface area (Å²) in [7, 11) is 0. The molecule has 2 atom stereocenters. The normalized spacial score (nSPS) is 21.9. The van der Waals surface area contributed by atoms with E-state index >= 15 is 0 Å². The molecule has 0 saturated carbocycles. The molecule has 1 aliphatic heterocycles. The Morgan fingerprint density at radius 3 is 2.81 bits per heavy atom. The largest absolute Gasteiger partial charge is 0.462 e. The molecule has 0 bridgehead atoms. The maximum atomic E-state index is 11.9. The molecule has 0 aromatic carbocycles. The summed E-state index contributed by atoms with van der Waals surface area (Å²) in [4.78, 5) is 14.4. The Morgan fingerprint density at radius 1 is 1.52 bits per heavy atom. The Labute approximate surface area is 129 Å². The summed E-state index contributed by atoms with van der Waals surface area (Å²) in [5.41, 5.74) is 6.63. The van der Waals surface area contributed by atoms with Crippen LogP contribution in [0.1, 0.15) is 42.4 Å². The molecule has 5 nitrogen and oxygen atoms in total. The molecule has 0 radical (unpaired) electrons. The molecule has 2 heterocycles. The minimum Gasteiger partial charge on any atom is -0.462 e. The average Bonchev–Trinajstić information content (AvgIpc) is 2.79. The number of thiophene rings is 1. The lowest BCUT2D eigenvalue weighted by atomic mass is 9.89. The van der Waals surface area contributed by atoms with Gasteiger partial charge in [0.1, 0.15) is 21.5 Å². The Hall–Kier alpha value is -1.74. The van der Waals surface area contributed by atoms with Gasteiger partial charge >= 0.3 is 5.97 Å². The second-order valence-electron chi connectivity index (χ2n) is 5.55. The minimum atomic E-state index is -0.443. The van der Waals surface area contributed by atoms with E-state index in [1.54, 1.807) is 6.92 Å². The number of ether oxygens (including phenoxy) is 1. The zero-order valence-corrected chi connectivity index (χ0v) is 13.5. The van der Waals surface area contributed by atoms with Crippen molar-refractivity contribution in [2.75, 3.05) is 30.3 Å². The molecule has 1 aromatic rings. The quantitative estimate of drug-likeness (QED) is 0.869. The van der Waals surface area contributed by atoms with E-state index in [0.717, 1.165) is 24.5 Å². The first kappa shape index (κ1) is 15.6. The molecule has 1 aromatic heterocycles. The van der Waals surface area contributed by atoms with Gasteiger partial charge in [0.2, 0.25) is 0 Å². The van der Waals surface area contributed by atoms with Crippen LogP contribution in [0.25, 0.3) is 0 Å². The van der Waals surface area contributed by atoms with Gasteiger partial charge in [0.15, 0.2) is 0 Å². The summed E-state index contributed by atoms with van der Waals surface area (Å²) in [6.07, 6.45) is 1.08. The fourth-order valence-corrected chi connectivity index (χ4v) is 3.66. The van der Waals surface area contributed by atoms with Crippen molar-refractivity contribution in [2.24, 2.45) is 11.8 Å². The molecule has 0 amide bonds. The number of carbonyl (C=O) groups is 1. The van der Waals surface area contributed by atoms with Gasteiger partial charge in [-0.15, -0.1) is 11.3 Å². The van der Waals surface area contributed by atoms with Crippen LogP contribution in [0, 0.1) is 23.2 Å². The molecule has 0 spiro atoms. The summed E-state index contributed by atoms with van der Waals surface area (Å²) in [5, 5.41) is 10.2. The molecule has 114 valence electrons. The lowest BCUT2D eigenvalue weighted by molar-refractivity contribution is 0.0533. The van der Waals surface area contributed by atoms with Crippen molar-refractivity contribution < 1.29 is 9.53 Å². The highest BCUT2D eigenvalue weighted by atomic mass is 32.1. The van der Waals surface area contributed by atoms with Crippen molar-refractivity contribution in [3.63, 3.8) is 0 Å². The van der Waals surface area contributed by atoms with Crippen LogP contribution in [0.5, 0.6) is 0 Å². The number of esters is 1. The van der Waals surface area contributed by atoms with E-state index in [2.05, 4.69) is 24.8 Å². The van der Waals surface area contributed by atoms with E-state index in [1.807, 2.05) is 0 Å². The first-order valence-electron chi connectivity index (χ1n) is 7.24. The van der Waals surface area contributed by atoms with Gasteiger partial charge in [0.05, 0.1) is 12.3 Å². The predicted octanol–water partition coefficient (Wildman–Crippen LogP) is 2.86. The summed E-state index contributed by atoms with van der Waals surface area (Å²) >= 11 is 1.27. The standard InChI is InChI=1S/C15H21N3O2S/c1-4-20-15(19)13-12(17)11(7-16)14(21-13)18-6-5-9(2)10(3)8-18/h9-10H,4-6,8,17H2,1-3H3. The summed E-state index contributed by atoms with van der Waals surface area (Å²) in [6, 6.07) is 2.14. The Bertz CT molecular complexity index is 576. The van der Waals surface area contributed by atoms with Crippen molar-refractivity contribution in [3.8, 4) is 6.07 Å². The van der Waals surface area contributed by atoms with Crippen LogP contribution >= 0.6 is 11.3 Å². The molecule has 2 unspecified atom stereocenters. The number of nitrogen functional groups attached to an aromatic ring is 1. The fraction of sp³-hybridized carbons (Fsp3) is 0.600. The molecule has 21 heavy (non-hydrogen) atoms. The predicted molar refractivity (Wildman–Crippen MR) is 84.6 cm³/mol. The van der Waals surface area contributed by atoms with Crippen LogP contribution in [0.2, 0.25) is 0 Å². The van der Waals surface area contributed by atoms with Gasteiger partial charge in [-0.2, -0.15) is 5.26 Å². The van der Waals surface area contributed by atoms with E-state index < -0.39 is 5.97 Å². The number of hydrogen-bond acceptors (Lipinski definition) is 6. The zero-order valence-electron chi connectivity index (χ0n) is 12.7. The highest BCUT2D eigenvalue weighted by molar-refractivity contribution is 7.18. The molecule has 6 heteroatoms. The molecular weight excluding hydrogens is 286 g/mol. The van der Waals surface area contributed by atoms with Crippen molar-refractivity contribution in [3.05, 3.63) is 10.4 Å². The van der Waals surface area contributed by atoms with Gasteiger partial charge in [-0.25, -0.2) is 4.79 Å². The summed E-state index contributed by atoms with van der Waals surface area (Å²) < 4.78 is 5.01. The number of anilines is 2. The third-order valence-corrected chi connectivity index (χ3v) is 5.37. The molecule has 0 aliphatic carbocycles. The minimum absolute atomic E-state index is 0.252. The number of nitrogens with two attached hydrogens (primary N) is 1. The van der Waals surface area contributed by atoms with Crippen LogP contribution in [0.3, 0.4) is 0 Å². The highest BCUT2D eigenvalue weighted by Crippen LogP contribution is 2.40. The van der Waals surface area contributed by atoms with E-state index in [9.17, 15) is 10.1 Å². The van der Waals surface area contributed by atoms with Crippen LogP contribution in [-0.4, -0.2) is 25.7 Å². The van der Waals surface area contributed by atoms with Gasteiger partial charge < -0.3 is 15.4 Å². The van der Waals surface area contributed by atoms with Crippen molar-refractivity contribution in [1.29, 1.82) is 5.26 Å². The number of piperidine rings is 1. The molecular formula is C15H21N3O2S. The van der Waals surface area contributed by atoms with Gasteiger partial charge in [-0.1, -0.05) is 13.8 Å². The summed E-state index contributed by atoms with van der Waals surface area (Å²) in [6.45, 7) is 8.29. The molecule has 1 aliphatic rings. The highest BCUT2D eigenvalue weighted by Gasteiger charge is 2.29. The number of rotatable bonds is 3. The van der Waals surface area contributed by atoms with Crippen molar-refractivity contribution >= 4 is 28.0 Å². The first-order chi connectivity index (χ1) is 9.99. The second-order valence-corrected chi connectivity index (χ2v) is 6.55. The Balaban J connectivity index is 2.34. The SMILES string of the molecule is CCOC(=O)c1sc(N2CCC(C)C(C)C2)c(C#N)c1N. The van der Waals surface area contributed by atoms with Gasteiger partial charge in [-0.05, 0) is 25.2 Å². The lowest BCUT2D eigenvalue weighted by Gasteiger charge is -2.36. The van der Waals surface area contributed by atoms with E-state index in [4.69, 9.17) is 10.5 Å². The monoisotopic (exact) mass is 307 g/mol. The van der Waals surface area contributed by atoms with Crippen LogP contribution in [-0.2, 0) is 4.74 Å². The van der Waals surface area contributed by atoms with Crippen molar-refractivity contribution in [2.45, 2.75) is 27.2 Å². The van der Waals surface area contributed by atoms with Gasteiger partial charge in [0, 0.05) is 13.1 Å². The summed E-state index contributed by atoms with van der Waals surface area (Å²) in [5.74, 6) is 0.787. The average molecular weight is 307 g/mol. The van der Waals surface area contributed by atoms with Crippen LogP contribution in [0.15, 0.2) is 0 Å². The molecule has 2 rings (SSSR count). The number of nitrogens with zero attached hydrogens (tertiary/aromatic N) is 2. The van der Waals surface area contributed by atoms with Gasteiger partial charge in [0.25, 0.3) is 0 Å². The van der Waals surface area contributed by atoms with Crippen LogP contribution in [0.4, 0.5) is 10.7 Å². The molecule has 1 saturated heterocycles. The molecule has 1 fully saturated rings. The topological polar surface area (TPSA) is 79.3 Å². The van der Waals surface area contributed by atoms with Gasteiger partial charge in [-0.3, -0.25) is 0 Å². The maximum Gasteiger partial charge on any atom is 0.350 e. The van der Waals surface area contributed by atoms with E-state index in [0.29, 0.717) is 28.9 Å². The molecule has 2 N–H and O–H groups in total. The third kappa shape index (κ3) is 2.98. The van der Waals surface area contributed by atoms with E-state index in [1.165, 1.54) is 11.3 Å².